The second-order valence-electron chi connectivity index (χ2n) is 4.68. The van der Waals surface area contributed by atoms with E-state index >= 15 is 0 Å². The van der Waals surface area contributed by atoms with E-state index in [-0.39, 0.29) is 11.8 Å². The molecule has 1 aromatic heterocycles. The van der Waals surface area contributed by atoms with Gasteiger partial charge in [0, 0.05) is 18.9 Å². The molecule has 0 aromatic carbocycles. The van der Waals surface area contributed by atoms with E-state index in [1.54, 1.807) is 6.20 Å². The Bertz CT molecular complexity index is 366. The SMILES string of the molecule is CCCn1ccnc1CC(=O)C1CCCCN1. The summed E-state index contributed by atoms with van der Waals surface area (Å²) in [6, 6.07) is 0.0514. The van der Waals surface area contributed by atoms with E-state index in [2.05, 4.69) is 21.8 Å². The molecule has 4 nitrogen and oxygen atoms in total. The number of nitrogens with one attached hydrogen (secondary N) is 1. The number of imidazole rings is 1. The van der Waals surface area contributed by atoms with Crippen LogP contribution in [-0.4, -0.2) is 27.9 Å². The third kappa shape index (κ3) is 3.16. The Kier molecular flexibility index (Phi) is 4.31. The summed E-state index contributed by atoms with van der Waals surface area (Å²) in [6.45, 7) is 4.05. The maximum Gasteiger partial charge on any atom is 0.157 e. The molecule has 0 radical (unpaired) electrons. The van der Waals surface area contributed by atoms with Crippen LogP contribution in [0.2, 0.25) is 0 Å². The molecule has 1 aliphatic rings. The fourth-order valence-corrected chi connectivity index (χ4v) is 2.36. The minimum absolute atomic E-state index is 0.0514. The normalized spacial score (nSPS) is 20.4. The zero-order valence-corrected chi connectivity index (χ0v) is 10.5. The maximum atomic E-state index is 12.1. The second-order valence-corrected chi connectivity index (χ2v) is 4.68. The van der Waals surface area contributed by atoms with Crippen LogP contribution in [0.15, 0.2) is 12.4 Å². The summed E-state index contributed by atoms with van der Waals surface area (Å²) in [4.78, 5) is 16.4. The van der Waals surface area contributed by atoms with Crippen LogP contribution in [0.5, 0.6) is 0 Å². The molecule has 1 saturated heterocycles. The molecular formula is C13H21N3O. The first-order chi connectivity index (χ1) is 8.31. The van der Waals surface area contributed by atoms with Crippen molar-refractivity contribution in [1.82, 2.24) is 14.9 Å². The van der Waals surface area contributed by atoms with Crippen LogP contribution in [0.3, 0.4) is 0 Å². The number of rotatable bonds is 5. The average Bonchev–Trinajstić information content (AvgIpc) is 2.78. The number of Topliss-reactive ketones (excluding diaryl/α,β-unsaturated/α-hetero) is 1. The van der Waals surface area contributed by atoms with Gasteiger partial charge in [-0.2, -0.15) is 0 Å². The molecule has 1 fully saturated rings. The molecule has 1 N–H and O–H groups in total. The van der Waals surface area contributed by atoms with E-state index < -0.39 is 0 Å². The lowest BCUT2D eigenvalue weighted by Gasteiger charge is -2.22. The molecule has 0 aliphatic carbocycles. The number of hydrogen-bond acceptors (Lipinski definition) is 3. The van der Waals surface area contributed by atoms with Gasteiger partial charge in [-0.05, 0) is 25.8 Å². The lowest BCUT2D eigenvalue weighted by Crippen LogP contribution is -2.41. The Morgan fingerprint density at radius 1 is 1.59 bits per heavy atom. The summed E-state index contributed by atoms with van der Waals surface area (Å²) in [5, 5.41) is 3.30. The molecule has 1 aromatic rings. The van der Waals surface area contributed by atoms with Gasteiger partial charge in [-0.1, -0.05) is 13.3 Å². The zero-order valence-electron chi connectivity index (χ0n) is 10.5. The standard InChI is InChI=1S/C13H21N3O/c1-2-8-16-9-7-15-13(16)10-12(17)11-5-3-4-6-14-11/h7,9,11,14H,2-6,8,10H2,1H3. The Labute approximate surface area is 102 Å². The maximum absolute atomic E-state index is 12.1. The summed E-state index contributed by atoms with van der Waals surface area (Å²) in [6.07, 6.45) is 8.60. The lowest BCUT2D eigenvalue weighted by molar-refractivity contribution is -0.121. The van der Waals surface area contributed by atoms with Crippen molar-refractivity contribution >= 4 is 5.78 Å². The highest BCUT2D eigenvalue weighted by atomic mass is 16.1. The summed E-state index contributed by atoms with van der Waals surface area (Å²) in [5.74, 6) is 1.19. The van der Waals surface area contributed by atoms with Gasteiger partial charge in [0.25, 0.3) is 0 Å². The molecule has 0 bridgehead atoms. The minimum atomic E-state index is 0.0514. The number of nitrogens with zero attached hydrogens (tertiary/aromatic N) is 2. The van der Waals surface area contributed by atoms with Crippen molar-refractivity contribution in [2.24, 2.45) is 0 Å². The quantitative estimate of drug-likeness (QED) is 0.842. The molecule has 1 aliphatic heterocycles. The van der Waals surface area contributed by atoms with Gasteiger partial charge in [0.15, 0.2) is 5.78 Å². The van der Waals surface area contributed by atoms with Crippen molar-refractivity contribution in [2.45, 2.75) is 51.6 Å². The van der Waals surface area contributed by atoms with E-state index in [1.807, 2.05) is 6.20 Å². The number of piperidine rings is 1. The molecule has 1 atom stereocenters. The van der Waals surface area contributed by atoms with Gasteiger partial charge in [0.2, 0.25) is 0 Å². The molecule has 17 heavy (non-hydrogen) atoms. The van der Waals surface area contributed by atoms with Crippen LogP contribution in [0.1, 0.15) is 38.4 Å². The van der Waals surface area contributed by atoms with Gasteiger partial charge in [0.1, 0.15) is 5.82 Å². The molecule has 0 amide bonds. The molecule has 94 valence electrons. The summed E-state index contributed by atoms with van der Waals surface area (Å²) >= 11 is 0. The van der Waals surface area contributed by atoms with Crippen molar-refractivity contribution in [3.63, 3.8) is 0 Å². The number of carbonyl (C=O) groups excluding carboxylic acids is 1. The van der Waals surface area contributed by atoms with Gasteiger partial charge in [-0.25, -0.2) is 4.98 Å². The van der Waals surface area contributed by atoms with Crippen LogP contribution in [0.4, 0.5) is 0 Å². The van der Waals surface area contributed by atoms with Crippen LogP contribution >= 0.6 is 0 Å². The van der Waals surface area contributed by atoms with Crippen molar-refractivity contribution in [2.75, 3.05) is 6.54 Å². The first kappa shape index (κ1) is 12.3. The average molecular weight is 235 g/mol. The number of carbonyl (C=O) groups is 1. The molecule has 2 rings (SSSR count). The van der Waals surface area contributed by atoms with Gasteiger partial charge in [-0.3, -0.25) is 4.79 Å². The number of aromatic nitrogens is 2. The highest BCUT2D eigenvalue weighted by molar-refractivity contribution is 5.85. The number of hydrogen-bond donors (Lipinski definition) is 1. The van der Waals surface area contributed by atoms with Gasteiger partial charge in [-0.15, -0.1) is 0 Å². The van der Waals surface area contributed by atoms with Crippen molar-refractivity contribution in [3.05, 3.63) is 18.2 Å². The van der Waals surface area contributed by atoms with Crippen LogP contribution in [0, 0.1) is 0 Å². The molecular weight excluding hydrogens is 214 g/mol. The third-order valence-corrected chi connectivity index (χ3v) is 3.30. The van der Waals surface area contributed by atoms with Gasteiger partial charge < -0.3 is 9.88 Å². The first-order valence-electron chi connectivity index (χ1n) is 6.57. The number of aryl methyl sites for hydroxylation is 1. The second kappa shape index (κ2) is 5.96. The predicted octanol–water partition coefficient (Wildman–Crippen LogP) is 1.55. The minimum Gasteiger partial charge on any atom is -0.335 e. The fourth-order valence-electron chi connectivity index (χ4n) is 2.36. The molecule has 1 unspecified atom stereocenters. The summed E-state index contributed by atoms with van der Waals surface area (Å²) in [5.41, 5.74) is 0. The van der Waals surface area contributed by atoms with Crippen LogP contribution in [-0.2, 0) is 17.8 Å². The van der Waals surface area contributed by atoms with E-state index in [1.165, 1.54) is 6.42 Å². The highest BCUT2D eigenvalue weighted by Crippen LogP contribution is 2.10. The fraction of sp³-hybridized carbons (Fsp3) is 0.692. The van der Waals surface area contributed by atoms with Gasteiger partial charge >= 0.3 is 0 Å². The Morgan fingerprint density at radius 2 is 2.47 bits per heavy atom. The third-order valence-electron chi connectivity index (χ3n) is 3.30. The van der Waals surface area contributed by atoms with Crippen molar-refractivity contribution < 1.29 is 4.79 Å². The Balaban J connectivity index is 1.94. The lowest BCUT2D eigenvalue weighted by atomic mass is 9.99. The van der Waals surface area contributed by atoms with Crippen molar-refractivity contribution in [1.29, 1.82) is 0 Å². The largest absolute Gasteiger partial charge is 0.335 e. The molecule has 0 saturated carbocycles. The topological polar surface area (TPSA) is 46.9 Å². The molecule has 4 heteroatoms. The van der Waals surface area contributed by atoms with Crippen LogP contribution < -0.4 is 5.32 Å². The van der Waals surface area contributed by atoms with Crippen LogP contribution in [0.25, 0.3) is 0 Å². The molecule has 2 heterocycles. The molecule has 0 spiro atoms. The van der Waals surface area contributed by atoms with E-state index in [0.29, 0.717) is 6.42 Å². The smallest absolute Gasteiger partial charge is 0.157 e. The summed E-state index contributed by atoms with van der Waals surface area (Å²) < 4.78 is 2.08. The van der Waals surface area contributed by atoms with E-state index in [9.17, 15) is 4.79 Å². The monoisotopic (exact) mass is 235 g/mol. The Hall–Kier alpha value is -1.16. The van der Waals surface area contributed by atoms with E-state index in [0.717, 1.165) is 38.2 Å². The van der Waals surface area contributed by atoms with E-state index in [4.69, 9.17) is 0 Å². The Morgan fingerprint density at radius 3 is 3.18 bits per heavy atom. The summed E-state index contributed by atoms with van der Waals surface area (Å²) in [7, 11) is 0. The van der Waals surface area contributed by atoms with Gasteiger partial charge in [0.05, 0.1) is 12.5 Å². The predicted molar refractivity (Wildman–Crippen MR) is 66.9 cm³/mol. The zero-order chi connectivity index (χ0) is 12.1. The van der Waals surface area contributed by atoms with Crippen molar-refractivity contribution in [3.8, 4) is 0 Å². The highest BCUT2D eigenvalue weighted by Gasteiger charge is 2.21. The first-order valence-corrected chi connectivity index (χ1v) is 6.57. The number of ketones is 1.